The fraction of sp³-hybridized carbons (Fsp3) is 0. The van der Waals surface area contributed by atoms with Gasteiger partial charge in [0.2, 0.25) is 5.91 Å². The van der Waals surface area contributed by atoms with Crippen molar-refractivity contribution in [3.63, 3.8) is 0 Å². The number of hydrogen-bond acceptors (Lipinski definition) is 2. The average Bonchev–Trinajstić information content (AvgIpc) is 2.44. The van der Waals surface area contributed by atoms with Gasteiger partial charge in [-0.05, 0) is 17.7 Å². The Labute approximate surface area is 120 Å². The van der Waals surface area contributed by atoms with Gasteiger partial charge < -0.3 is 10.4 Å². The molecule has 0 aliphatic rings. The summed E-state index contributed by atoms with van der Waals surface area (Å²) in [6.07, 6.45) is 2.89. The molecular weight excluding hydrogens is 281 g/mol. The zero-order valence-corrected chi connectivity index (χ0v) is 11.1. The first-order chi connectivity index (χ1) is 9.56. The van der Waals surface area contributed by atoms with Crippen molar-refractivity contribution < 1.29 is 14.3 Å². The van der Waals surface area contributed by atoms with Crippen molar-refractivity contribution in [2.24, 2.45) is 0 Å². The van der Waals surface area contributed by atoms with Gasteiger partial charge in [-0.2, -0.15) is 0 Å². The van der Waals surface area contributed by atoms with Crippen LogP contribution in [0.25, 0.3) is 6.08 Å². The lowest BCUT2D eigenvalue weighted by atomic mass is 10.2. The Morgan fingerprint density at radius 1 is 1.25 bits per heavy atom. The molecule has 0 heterocycles. The van der Waals surface area contributed by atoms with E-state index in [0.29, 0.717) is 0 Å². The van der Waals surface area contributed by atoms with Crippen LogP contribution < -0.4 is 5.32 Å². The van der Waals surface area contributed by atoms with Gasteiger partial charge in [0.15, 0.2) is 5.82 Å². The number of phenols is 1. The molecule has 2 aromatic carbocycles. The molecule has 0 atom stereocenters. The molecule has 0 aliphatic heterocycles. The molecule has 3 nitrogen and oxygen atoms in total. The second-order valence-corrected chi connectivity index (χ2v) is 4.42. The number of phenolic OH excluding ortho intramolecular Hbond substituents is 1. The van der Waals surface area contributed by atoms with Crippen molar-refractivity contribution in [3.05, 3.63) is 64.9 Å². The van der Waals surface area contributed by atoms with Crippen LogP contribution in [0.15, 0.2) is 48.5 Å². The van der Waals surface area contributed by atoms with Gasteiger partial charge in [0.05, 0.1) is 10.7 Å². The Morgan fingerprint density at radius 3 is 2.65 bits per heavy atom. The smallest absolute Gasteiger partial charge is 0.248 e. The minimum atomic E-state index is -0.756. The largest absolute Gasteiger partial charge is 0.506 e. The topological polar surface area (TPSA) is 49.3 Å². The third kappa shape index (κ3) is 3.59. The lowest BCUT2D eigenvalue weighted by Crippen LogP contribution is -2.09. The van der Waals surface area contributed by atoms with Gasteiger partial charge in [0.1, 0.15) is 5.75 Å². The molecule has 20 heavy (non-hydrogen) atoms. The lowest BCUT2D eigenvalue weighted by molar-refractivity contribution is -0.111. The number of benzene rings is 2. The van der Waals surface area contributed by atoms with Gasteiger partial charge in [-0.3, -0.25) is 4.79 Å². The van der Waals surface area contributed by atoms with Crippen molar-refractivity contribution in [2.45, 2.75) is 0 Å². The summed E-state index contributed by atoms with van der Waals surface area (Å²) < 4.78 is 13.5. The summed E-state index contributed by atoms with van der Waals surface area (Å²) in [7, 11) is 0. The average molecular weight is 292 g/mol. The first-order valence-corrected chi connectivity index (χ1v) is 6.16. The molecule has 5 heteroatoms. The second-order valence-electron chi connectivity index (χ2n) is 4.02. The maximum absolute atomic E-state index is 13.5. The molecule has 2 aromatic rings. The van der Waals surface area contributed by atoms with Crippen LogP contribution in [0.4, 0.5) is 10.1 Å². The fourth-order valence-corrected chi connectivity index (χ4v) is 1.71. The van der Waals surface area contributed by atoms with Gasteiger partial charge in [-0.25, -0.2) is 4.39 Å². The summed E-state index contributed by atoms with van der Waals surface area (Å²) in [5.41, 5.74) is 0.766. The molecule has 0 aromatic heterocycles. The molecule has 1 amide bonds. The third-order valence-corrected chi connectivity index (χ3v) is 2.82. The van der Waals surface area contributed by atoms with Crippen LogP contribution in [0, 0.1) is 5.82 Å². The number of rotatable bonds is 3. The van der Waals surface area contributed by atoms with Crippen LogP contribution in [0.2, 0.25) is 5.02 Å². The van der Waals surface area contributed by atoms with Crippen LogP contribution in [0.3, 0.4) is 0 Å². The van der Waals surface area contributed by atoms with E-state index in [1.54, 1.807) is 6.08 Å². The van der Waals surface area contributed by atoms with Crippen LogP contribution >= 0.6 is 11.6 Å². The fourth-order valence-electron chi connectivity index (χ4n) is 1.54. The quantitative estimate of drug-likeness (QED) is 0.667. The molecule has 0 saturated heterocycles. The number of carbonyl (C=O) groups is 1. The van der Waals surface area contributed by atoms with E-state index in [1.165, 1.54) is 6.08 Å². The molecule has 0 fully saturated rings. The van der Waals surface area contributed by atoms with Crippen molar-refractivity contribution >= 4 is 29.3 Å². The van der Waals surface area contributed by atoms with E-state index in [2.05, 4.69) is 5.32 Å². The van der Waals surface area contributed by atoms with Crippen molar-refractivity contribution in [3.8, 4) is 5.75 Å². The minimum absolute atomic E-state index is 0.0336. The SMILES string of the molecule is O=C(/C=C/c1ccccc1)Nc1cc(Cl)c(O)cc1F. The van der Waals surface area contributed by atoms with Crippen LogP contribution in [-0.4, -0.2) is 11.0 Å². The van der Waals surface area contributed by atoms with E-state index in [9.17, 15) is 14.3 Å². The molecular formula is C15H11ClFNO2. The highest BCUT2D eigenvalue weighted by molar-refractivity contribution is 6.32. The van der Waals surface area contributed by atoms with E-state index in [4.69, 9.17) is 11.6 Å². The molecule has 0 aliphatic carbocycles. The molecule has 0 bridgehead atoms. The molecule has 2 rings (SSSR count). The second kappa shape index (κ2) is 6.21. The standard InChI is InChI=1S/C15H11ClFNO2/c16-11-8-13(12(17)9-14(11)19)18-15(20)7-6-10-4-2-1-3-5-10/h1-9,19H,(H,18,20)/b7-6+. The first-order valence-electron chi connectivity index (χ1n) is 5.78. The normalized spacial score (nSPS) is 10.7. The maximum atomic E-state index is 13.5. The van der Waals surface area contributed by atoms with E-state index in [0.717, 1.165) is 17.7 Å². The predicted octanol–water partition coefficient (Wildman–Crippen LogP) is 3.84. The van der Waals surface area contributed by atoms with Gasteiger partial charge in [-0.15, -0.1) is 0 Å². The summed E-state index contributed by atoms with van der Waals surface area (Å²) in [4.78, 5) is 11.7. The monoisotopic (exact) mass is 291 g/mol. The number of amides is 1. The molecule has 0 spiro atoms. The number of carbonyl (C=O) groups excluding carboxylic acids is 1. The van der Waals surface area contributed by atoms with Gasteiger partial charge in [0, 0.05) is 12.1 Å². The zero-order chi connectivity index (χ0) is 14.5. The zero-order valence-electron chi connectivity index (χ0n) is 10.3. The molecule has 102 valence electrons. The van der Waals surface area contributed by atoms with E-state index >= 15 is 0 Å². The Morgan fingerprint density at radius 2 is 1.95 bits per heavy atom. The van der Waals surface area contributed by atoms with E-state index < -0.39 is 11.7 Å². The first kappa shape index (κ1) is 14.1. The van der Waals surface area contributed by atoms with Crippen molar-refractivity contribution in [1.29, 1.82) is 0 Å². The molecule has 0 radical (unpaired) electrons. The van der Waals surface area contributed by atoms with Crippen LogP contribution in [0.1, 0.15) is 5.56 Å². The molecule has 2 N–H and O–H groups in total. The molecule has 0 unspecified atom stereocenters. The van der Waals surface area contributed by atoms with Crippen molar-refractivity contribution in [2.75, 3.05) is 5.32 Å². The van der Waals surface area contributed by atoms with Gasteiger partial charge in [-0.1, -0.05) is 41.9 Å². The van der Waals surface area contributed by atoms with Gasteiger partial charge in [0.25, 0.3) is 0 Å². The third-order valence-electron chi connectivity index (χ3n) is 2.52. The Kier molecular flexibility index (Phi) is 4.38. The Bertz CT molecular complexity index is 656. The highest BCUT2D eigenvalue weighted by Gasteiger charge is 2.09. The summed E-state index contributed by atoms with van der Waals surface area (Å²) in [5, 5.41) is 11.5. The number of hydrogen-bond donors (Lipinski definition) is 2. The van der Waals surface area contributed by atoms with E-state index in [-0.39, 0.29) is 16.5 Å². The highest BCUT2D eigenvalue weighted by Crippen LogP contribution is 2.29. The number of halogens is 2. The summed E-state index contributed by atoms with van der Waals surface area (Å²) >= 11 is 5.66. The minimum Gasteiger partial charge on any atom is -0.506 e. The molecule has 0 saturated carbocycles. The summed E-state index contributed by atoms with van der Waals surface area (Å²) in [6, 6.07) is 11.2. The maximum Gasteiger partial charge on any atom is 0.248 e. The lowest BCUT2D eigenvalue weighted by Gasteiger charge is -2.05. The number of anilines is 1. The van der Waals surface area contributed by atoms with Gasteiger partial charge >= 0.3 is 0 Å². The van der Waals surface area contributed by atoms with E-state index in [1.807, 2.05) is 30.3 Å². The Balaban J connectivity index is 2.09. The summed E-state index contributed by atoms with van der Waals surface area (Å²) in [5.74, 6) is -1.62. The Hall–Kier alpha value is -2.33. The highest BCUT2D eigenvalue weighted by atomic mass is 35.5. The van der Waals surface area contributed by atoms with Crippen molar-refractivity contribution in [1.82, 2.24) is 0 Å². The summed E-state index contributed by atoms with van der Waals surface area (Å²) in [6.45, 7) is 0. The van der Waals surface area contributed by atoms with Crippen LogP contribution in [0.5, 0.6) is 5.75 Å². The number of aromatic hydroxyl groups is 1. The van der Waals surface area contributed by atoms with Crippen LogP contribution in [-0.2, 0) is 4.79 Å². The number of nitrogens with one attached hydrogen (secondary N) is 1. The predicted molar refractivity (Wildman–Crippen MR) is 77.2 cm³/mol.